The summed E-state index contributed by atoms with van der Waals surface area (Å²) in [5, 5.41) is 14.9. The molecule has 0 saturated carbocycles. The Morgan fingerprint density at radius 2 is 1.88 bits per heavy atom. The summed E-state index contributed by atoms with van der Waals surface area (Å²) in [6.07, 6.45) is 2.42. The maximum absolute atomic E-state index is 10.8. The van der Waals surface area contributed by atoms with Crippen LogP contribution in [0.15, 0.2) is 67.3 Å². The van der Waals surface area contributed by atoms with Crippen LogP contribution in [-0.4, -0.2) is 12.0 Å². The molecule has 166 valence electrons. The monoisotopic (exact) mass is 452 g/mol. The minimum absolute atomic E-state index is 0.0467. The van der Waals surface area contributed by atoms with Crippen LogP contribution in [0.4, 0.5) is 11.4 Å². The van der Waals surface area contributed by atoms with Gasteiger partial charge in [-0.1, -0.05) is 23.7 Å². The van der Waals surface area contributed by atoms with Crippen LogP contribution in [0.5, 0.6) is 11.5 Å². The maximum Gasteiger partial charge on any atom is 0.269 e. The third-order valence-corrected chi connectivity index (χ3v) is 5.22. The Labute approximate surface area is 192 Å². The molecule has 0 fully saturated rings. The molecule has 0 radical (unpaired) electrons. The lowest BCUT2D eigenvalue weighted by atomic mass is 10.0. The topological polar surface area (TPSA) is 73.6 Å². The fourth-order valence-corrected chi connectivity index (χ4v) is 3.47. The summed E-state index contributed by atoms with van der Waals surface area (Å²) in [4.78, 5) is 10.4. The number of nitro groups is 1. The van der Waals surface area contributed by atoms with Gasteiger partial charge in [-0.25, -0.2) is 0 Å². The molecule has 7 heteroatoms. The third-order valence-electron chi connectivity index (χ3n) is 4.99. The number of nitrogens with zero attached hydrogens (tertiary/aromatic N) is 1. The Balaban J connectivity index is 1.80. The fourth-order valence-electron chi connectivity index (χ4n) is 3.30. The molecule has 3 aromatic carbocycles. The lowest BCUT2D eigenvalue weighted by Crippen LogP contribution is -2.05. The van der Waals surface area contributed by atoms with Gasteiger partial charge in [-0.15, -0.1) is 6.58 Å². The number of benzene rings is 3. The van der Waals surface area contributed by atoms with Gasteiger partial charge in [0, 0.05) is 35.0 Å². The summed E-state index contributed by atoms with van der Waals surface area (Å²) >= 11 is 6.12. The van der Waals surface area contributed by atoms with Crippen molar-refractivity contribution >= 4 is 23.0 Å². The van der Waals surface area contributed by atoms with Crippen molar-refractivity contribution < 1.29 is 14.4 Å². The molecule has 0 atom stereocenters. The van der Waals surface area contributed by atoms with Gasteiger partial charge in [0.15, 0.2) is 11.5 Å². The number of methoxy groups -OCH3 is 1. The van der Waals surface area contributed by atoms with Crippen molar-refractivity contribution in [2.24, 2.45) is 0 Å². The number of hydrogen-bond donors (Lipinski definition) is 1. The number of non-ortho nitro benzene ring substituents is 1. The van der Waals surface area contributed by atoms with Crippen molar-refractivity contribution in [1.29, 1.82) is 0 Å². The second kappa shape index (κ2) is 10.7. The summed E-state index contributed by atoms with van der Waals surface area (Å²) in [5.74, 6) is 1.25. The standard InChI is InChI=1S/C25H25ClN2O4/c1-4-5-20-12-19(15-27-23-14-21(26)9-6-17(23)2)13-24(31-3)25(20)32-16-18-7-10-22(11-8-18)28(29)30/h4,6-14,27H,1,5,15-16H2,2-3H3. The van der Waals surface area contributed by atoms with Crippen LogP contribution in [0, 0.1) is 17.0 Å². The molecule has 0 bridgehead atoms. The molecule has 0 heterocycles. The van der Waals surface area contributed by atoms with E-state index in [0.29, 0.717) is 29.5 Å². The van der Waals surface area contributed by atoms with E-state index in [-0.39, 0.29) is 12.3 Å². The molecule has 0 amide bonds. The Bertz CT molecular complexity index is 1110. The Morgan fingerprint density at radius 3 is 2.53 bits per heavy atom. The van der Waals surface area contributed by atoms with Crippen LogP contribution < -0.4 is 14.8 Å². The smallest absolute Gasteiger partial charge is 0.269 e. The number of halogens is 1. The second-order valence-electron chi connectivity index (χ2n) is 7.30. The van der Waals surface area contributed by atoms with E-state index in [2.05, 4.69) is 18.0 Å². The molecule has 0 unspecified atom stereocenters. The van der Waals surface area contributed by atoms with Crippen molar-refractivity contribution in [2.75, 3.05) is 12.4 Å². The molecular weight excluding hydrogens is 428 g/mol. The molecule has 0 saturated heterocycles. The van der Waals surface area contributed by atoms with Crippen LogP contribution >= 0.6 is 11.6 Å². The molecule has 6 nitrogen and oxygen atoms in total. The zero-order valence-electron chi connectivity index (χ0n) is 18.1. The van der Waals surface area contributed by atoms with Crippen molar-refractivity contribution in [3.63, 3.8) is 0 Å². The highest BCUT2D eigenvalue weighted by atomic mass is 35.5. The van der Waals surface area contributed by atoms with Gasteiger partial charge in [0.1, 0.15) is 6.61 Å². The third kappa shape index (κ3) is 5.80. The molecule has 1 N–H and O–H groups in total. The number of anilines is 1. The number of aryl methyl sites for hydroxylation is 1. The van der Waals surface area contributed by atoms with Gasteiger partial charge in [-0.2, -0.15) is 0 Å². The minimum atomic E-state index is -0.423. The lowest BCUT2D eigenvalue weighted by molar-refractivity contribution is -0.384. The van der Waals surface area contributed by atoms with Crippen LogP contribution in [0.25, 0.3) is 0 Å². The van der Waals surface area contributed by atoms with E-state index < -0.39 is 4.92 Å². The van der Waals surface area contributed by atoms with Gasteiger partial charge in [-0.05, 0) is 66.4 Å². The number of ether oxygens (including phenoxy) is 2. The number of hydrogen-bond acceptors (Lipinski definition) is 5. The highest BCUT2D eigenvalue weighted by molar-refractivity contribution is 6.30. The normalized spacial score (nSPS) is 10.5. The van der Waals surface area contributed by atoms with E-state index >= 15 is 0 Å². The summed E-state index contributed by atoms with van der Waals surface area (Å²) in [5.41, 5.74) is 4.92. The van der Waals surface area contributed by atoms with Gasteiger partial charge in [-0.3, -0.25) is 10.1 Å². The van der Waals surface area contributed by atoms with Gasteiger partial charge < -0.3 is 14.8 Å². The van der Waals surface area contributed by atoms with Gasteiger partial charge in [0.2, 0.25) is 0 Å². The highest BCUT2D eigenvalue weighted by Crippen LogP contribution is 2.35. The molecule has 3 aromatic rings. The van der Waals surface area contributed by atoms with Gasteiger partial charge >= 0.3 is 0 Å². The number of allylic oxidation sites excluding steroid dienone is 1. The predicted molar refractivity (Wildman–Crippen MR) is 128 cm³/mol. The van der Waals surface area contributed by atoms with Crippen molar-refractivity contribution in [3.8, 4) is 11.5 Å². The van der Waals surface area contributed by atoms with Crippen molar-refractivity contribution in [2.45, 2.75) is 26.5 Å². The molecule has 0 aliphatic rings. The van der Waals surface area contributed by atoms with E-state index in [9.17, 15) is 10.1 Å². The number of nitrogens with one attached hydrogen (secondary N) is 1. The van der Waals surface area contributed by atoms with E-state index in [1.807, 2.05) is 37.3 Å². The molecule has 0 aliphatic heterocycles. The molecule has 0 aromatic heterocycles. The first-order chi connectivity index (χ1) is 15.4. The minimum Gasteiger partial charge on any atom is -0.493 e. The summed E-state index contributed by atoms with van der Waals surface area (Å²) in [6.45, 7) is 6.73. The number of nitro benzene ring substituents is 1. The van der Waals surface area contributed by atoms with Crippen molar-refractivity contribution in [3.05, 3.63) is 105 Å². The molecule has 0 aliphatic carbocycles. The van der Waals surface area contributed by atoms with E-state index in [4.69, 9.17) is 21.1 Å². The summed E-state index contributed by atoms with van der Waals surface area (Å²) < 4.78 is 11.7. The molecule has 32 heavy (non-hydrogen) atoms. The highest BCUT2D eigenvalue weighted by Gasteiger charge is 2.14. The molecular formula is C25H25ClN2O4. The predicted octanol–water partition coefficient (Wildman–Crippen LogP) is 6.48. The van der Waals surface area contributed by atoms with Crippen LogP contribution in [0.1, 0.15) is 22.3 Å². The zero-order chi connectivity index (χ0) is 23.1. The quantitative estimate of drug-likeness (QED) is 0.216. The van der Waals surface area contributed by atoms with E-state index in [1.165, 1.54) is 12.1 Å². The largest absolute Gasteiger partial charge is 0.493 e. The van der Waals surface area contributed by atoms with Gasteiger partial charge in [0.25, 0.3) is 5.69 Å². The first-order valence-corrected chi connectivity index (χ1v) is 10.5. The van der Waals surface area contributed by atoms with Crippen LogP contribution in [-0.2, 0) is 19.6 Å². The number of rotatable bonds is 10. The maximum atomic E-state index is 10.8. The van der Waals surface area contributed by atoms with Crippen LogP contribution in [0.3, 0.4) is 0 Å². The second-order valence-corrected chi connectivity index (χ2v) is 7.74. The molecule has 3 rings (SSSR count). The molecule has 0 spiro atoms. The Hall–Kier alpha value is -3.51. The van der Waals surface area contributed by atoms with Gasteiger partial charge in [0.05, 0.1) is 12.0 Å². The first-order valence-electron chi connectivity index (χ1n) is 10.1. The van der Waals surface area contributed by atoms with E-state index in [0.717, 1.165) is 27.9 Å². The van der Waals surface area contributed by atoms with E-state index in [1.54, 1.807) is 19.2 Å². The lowest BCUT2D eigenvalue weighted by Gasteiger charge is -2.17. The Kier molecular flexibility index (Phi) is 7.73. The van der Waals surface area contributed by atoms with Crippen molar-refractivity contribution in [1.82, 2.24) is 0 Å². The average Bonchev–Trinajstić information content (AvgIpc) is 2.79. The average molecular weight is 453 g/mol. The Morgan fingerprint density at radius 1 is 1.12 bits per heavy atom. The SMILES string of the molecule is C=CCc1cc(CNc2cc(Cl)ccc2C)cc(OC)c1OCc1ccc([N+](=O)[O-])cc1. The summed E-state index contributed by atoms with van der Waals surface area (Å²) in [7, 11) is 1.60. The zero-order valence-corrected chi connectivity index (χ0v) is 18.8. The first kappa shape index (κ1) is 23.2. The summed E-state index contributed by atoms with van der Waals surface area (Å²) in [6, 6.07) is 16.0. The fraction of sp³-hybridized carbons (Fsp3) is 0.200. The van der Waals surface area contributed by atoms with Crippen LogP contribution in [0.2, 0.25) is 5.02 Å².